The molecule has 232 valence electrons. The van der Waals surface area contributed by atoms with Gasteiger partial charge in [0.15, 0.2) is 0 Å². The molecule has 0 aliphatic carbocycles. The Labute approximate surface area is 299 Å². The summed E-state index contributed by atoms with van der Waals surface area (Å²) in [5.74, 6) is 0. The van der Waals surface area contributed by atoms with Crippen molar-refractivity contribution in [3.05, 3.63) is 155 Å². The van der Waals surface area contributed by atoms with Crippen molar-refractivity contribution < 1.29 is 52.5 Å². The van der Waals surface area contributed by atoms with Crippen LogP contribution in [0, 0.1) is 0 Å². The van der Waals surface area contributed by atoms with Crippen molar-refractivity contribution in [2.75, 3.05) is 12.9 Å². The Morgan fingerprint density at radius 1 is 0.644 bits per heavy atom. The summed E-state index contributed by atoms with van der Waals surface area (Å²) in [4.78, 5) is 0. The summed E-state index contributed by atoms with van der Waals surface area (Å²) in [6.07, 6.45) is -6.14. The van der Waals surface area contributed by atoms with Crippen molar-refractivity contribution >= 4 is 22.5 Å². The second kappa shape index (κ2) is 16.2. The van der Waals surface area contributed by atoms with Crippen LogP contribution in [-0.2, 0) is 50.0 Å². The van der Waals surface area contributed by atoms with E-state index in [1.807, 2.05) is 24.3 Å². The van der Waals surface area contributed by atoms with Crippen molar-refractivity contribution in [2.24, 2.45) is 0 Å². The van der Waals surface area contributed by atoms with Crippen molar-refractivity contribution in [1.29, 1.82) is 0 Å². The fraction of sp³-hybridized carbons (Fsp3) is 0.282. The molecule has 1 fully saturated rings. The maximum Gasteiger partial charge on any atom is 0.132 e. The van der Waals surface area contributed by atoms with Gasteiger partial charge in [0.1, 0.15) is 29.9 Å². The minimum atomic E-state index is -3.45. The molecule has 5 nitrogen and oxygen atoms in total. The fourth-order valence-corrected chi connectivity index (χ4v) is 5.28. The van der Waals surface area contributed by atoms with Gasteiger partial charge < -0.3 is 23.7 Å². The third-order valence-corrected chi connectivity index (χ3v) is 7.44. The van der Waals surface area contributed by atoms with Gasteiger partial charge in [-0.2, -0.15) is 0 Å². The Morgan fingerprint density at radius 3 is 1.84 bits per heavy atom. The largest absolute Gasteiger partial charge is 0.374 e. The highest BCUT2D eigenvalue weighted by Gasteiger charge is 2.48. The predicted molar refractivity (Wildman–Crippen MR) is 181 cm³/mol. The summed E-state index contributed by atoms with van der Waals surface area (Å²) in [5.41, 5.74) is -3.70. The minimum Gasteiger partial charge on any atom is -0.374 e. The highest BCUT2D eigenvalue weighted by Crippen LogP contribution is 2.35. The first-order valence-electron chi connectivity index (χ1n) is 24.2. The molecule has 0 bridgehead atoms. The maximum atomic E-state index is 9.18. The predicted octanol–water partition coefficient (Wildman–Crippen LogP) is 8.20. The lowest BCUT2D eigenvalue weighted by atomic mass is 9.98. The Bertz CT molecular complexity index is 2600. The van der Waals surface area contributed by atoms with Gasteiger partial charge in [-0.3, -0.25) is 0 Å². The van der Waals surface area contributed by atoms with Crippen molar-refractivity contribution in [3.63, 3.8) is 0 Å². The van der Waals surface area contributed by atoms with Gasteiger partial charge in [-0.15, -0.1) is 11.8 Å². The van der Waals surface area contributed by atoms with Crippen LogP contribution in [-0.4, -0.2) is 42.7 Å². The van der Waals surface area contributed by atoms with Crippen LogP contribution in [0.5, 0.6) is 0 Å². The van der Waals surface area contributed by atoms with Gasteiger partial charge >= 0.3 is 0 Å². The molecule has 1 heterocycles. The van der Waals surface area contributed by atoms with Crippen molar-refractivity contribution in [3.8, 4) is 0 Å². The topological polar surface area (TPSA) is 46.2 Å². The first-order chi connectivity index (χ1) is 30.7. The SMILES string of the molecule is [2H]c1c([2H])c([2H])c(C([2H])([2H])OC[C@H]2O[C@@H](SC)[C@H](OCc3ccc4ccccc4c3)[C@@H](OC([2H])([2H])c3c([2H])c([2H])c([2H])c([2H])c3[2H])[C@@H]2OC([2H])([2H])c2c([2H])c([2H])c([2H])c([2H])c2[2H])c([2H])c1[2H]. The summed E-state index contributed by atoms with van der Waals surface area (Å²) in [6, 6.07) is -1.41. The molecule has 1 saturated heterocycles. The molecule has 0 N–H and O–H groups in total. The van der Waals surface area contributed by atoms with E-state index in [1.165, 1.54) is 6.26 Å². The first-order valence-corrected chi connectivity index (χ1v) is 15.0. The van der Waals surface area contributed by atoms with Crippen molar-refractivity contribution in [1.82, 2.24) is 0 Å². The molecule has 5 aromatic rings. The molecule has 0 spiro atoms. The van der Waals surface area contributed by atoms with Gasteiger partial charge in [0.25, 0.3) is 0 Å². The lowest BCUT2D eigenvalue weighted by Gasteiger charge is -2.45. The molecular weight excluding hydrogens is 580 g/mol. The Morgan fingerprint density at radius 2 is 1.22 bits per heavy atom. The van der Waals surface area contributed by atoms with Crippen LogP contribution in [0.4, 0.5) is 0 Å². The number of rotatable bonds is 14. The molecule has 0 amide bonds. The van der Waals surface area contributed by atoms with Gasteiger partial charge in [-0.05, 0) is 45.3 Å². The lowest BCUT2D eigenvalue weighted by molar-refractivity contribution is -0.254. The normalized spacial score (nSPS) is 29.2. The summed E-state index contributed by atoms with van der Waals surface area (Å²) in [5, 5.41) is 1.69. The number of thioether (sulfide) groups is 1. The van der Waals surface area contributed by atoms with Crippen LogP contribution in [0.25, 0.3) is 10.8 Å². The number of ether oxygens (including phenoxy) is 5. The molecule has 0 radical (unpaired) electrons. The maximum absolute atomic E-state index is 9.18. The second-order valence-electron chi connectivity index (χ2n) is 9.52. The van der Waals surface area contributed by atoms with Gasteiger partial charge in [0.05, 0.1) is 61.7 Å². The number of fused-ring (bicyclic) bond motifs is 1. The van der Waals surface area contributed by atoms with Gasteiger partial charge in [0.2, 0.25) is 0 Å². The zero-order valence-corrected chi connectivity index (χ0v) is 24.6. The third-order valence-electron chi connectivity index (χ3n) is 6.60. The van der Waals surface area contributed by atoms with Crippen LogP contribution in [0.3, 0.4) is 0 Å². The molecule has 5 atom stereocenters. The summed E-state index contributed by atoms with van der Waals surface area (Å²) in [7, 11) is 0. The highest BCUT2D eigenvalue weighted by atomic mass is 32.2. The molecule has 0 saturated carbocycles. The van der Waals surface area contributed by atoms with E-state index in [9.17, 15) is 2.74 Å². The quantitative estimate of drug-likeness (QED) is 0.122. The molecular formula is C39H40O5S. The Hall–Kier alpha value is -3.49. The van der Waals surface area contributed by atoms with E-state index < -0.39 is 163 Å². The van der Waals surface area contributed by atoms with Crippen LogP contribution in [0.15, 0.2) is 133 Å². The molecule has 45 heavy (non-hydrogen) atoms. The van der Waals surface area contributed by atoms with Crippen LogP contribution >= 0.6 is 11.8 Å². The van der Waals surface area contributed by atoms with E-state index in [4.69, 9.17) is 49.7 Å². The lowest BCUT2D eigenvalue weighted by Crippen LogP contribution is -2.60. The summed E-state index contributed by atoms with van der Waals surface area (Å²) in [6.45, 7) is -11.4. The highest BCUT2D eigenvalue weighted by molar-refractivity contribution is 7.99. The molecule has 0 unspecified atom stereocenters. The monoisotopic (exact) mass is 641 g/mol. The van der Waals surface area contributed by atoms with Crippen LogP contribution in [0.2, 0.25) is 0 Å². The second-order valence-corrected chi connectivity index (χ2v) is 10.5. The van der Waals surface area contributed by atoms with Gasteiger partial charge in [0, 0.05) is 0 Å². The zero-order chi connectivity index (χ0) is 49.1. The van der Waals surface area contributed by atoms with Crippen molar-refractivity contribution in [2.45, 2.75) is 56.1 Å². The van der Waals surface area contributed by atoms with E-state index in [-0.39, 0.29) is 6.61 Å². The smallest absolute Gasteiger partial charge is 0.132 e. The average Bonchev–Trinajstić information content (AvgIpc) is 3.26. The van der Waals surface area contributed by atoms with Gasteiger partial charge in [-0.25, -0.2) is 0 Å². The molecule has 1 aliphatic rings. The third kappa shape index (κ3) is 8.61. The van der Waals surface area contributed by atoms with E-state index in [0.29, 0.717) is 5.56 Å². The van der Waals surface area contributed by atoms with Crippen LogP contribution in [0.1, 0.15) is 51.0 Å². The van der Waals surface area contributed by atoms with Crippen LogP contribution < -0.4 is 0 Å². The first kappa shape index (κ1) is 14.9. The van der Waals surface area contributed by atoms with E-state index in [2.05, 4.69) is 0 Å². The van der Waals surface area contributed by atoms with Gasteiger partial charge in [-0.1, -0.05) is 127 Å². The average molecular weight is 642 g/mol. The number of hydrogen-bond acceptors (Lipinski definition) is 6. The summed E-state index contributed by atoms with van der Waals surface area (Å²) < 4.78 is 209. The molecule has 6 rings (SSSR count). The number of hydrogen-bond donors (Lipinski definition) is 0. The van der Waals surface area contributed by atoms with E-state index in [1.54, 1.807) is 18.2 Å². The fourth-order valence-electron chi connectivity index (χ4n) is 4.53. The summed E-state index contributed by atoms with van der Waals surface area (Å²) >= 11 is 0.933. The molecule has 6 heteroatoms. The molecule has 0 aromatic heterocycles. The zero-order valence-electron chi connectivity index (χ0n) is 44.8. The standard InChI is InChI=1S/C39H40O5S/c1-45-39-38(43-27-32-21-22-33-19-11-12-20-34(33)23-32)37(42-26-31-17-9-4-10-18-31)36(41-25-30-15-7-3-8-16-30)35(44-39)28-40-24-29-13-5-2-6-14-29/h2-23,35-39H,24-28H2,1H3/t35-,36-,37+,38-,39+/m1/s1/i2D,3D,4D,5D,6D,7D,8D,9D,10D,13D,14D,15D,16D,17D,18D,24D2,25D2,26D2. The van der Waals surface area contributed by atoms with E-state index in [0.717, 1.165) is 22.5 Å². The Balaban J connectivity index is 1.54. The number of benzene rings is 5. The molecule has 1 aliphatic heterocycles. The minimum absolute atomic E-state index is 0.269. The van der Waals surface area contributed by atoms with E-state index >= 15 is 0 Å². The molecule has 5 aromatic carbocycles. The Kier molecular flexibility index (Phi) is 5.38.